The molecule has 82 valence electrons. The average molecular weight is 207 g/mol. The van der Waals surface area contributed by atoms with E-state index >= 15 is 0 Å². The number of rotatable bonds is 5. The first-order chi connectivity index (χ1) is 7.22. The highest BCUT2D eigenvalue weighted by Crippen LogP contribution is 2.04. The second kappa shape index (κ2) is 6.19. The Kier molecular flexibility index (Phi) is 4.84. The van der Waals surface area contributed by atoms with Crippen molar-refractivity contribution in [3.05, 3.63) is 35.4 Å². The van der Waals surface area contributed by atoms with E-state index in [2.05, 4.69) is 24.4 Å². The van der Waals surface area contributed by atoms with Gasteiger partial charge in [0.2, 0.25) is 5.91 Å². The minimum atomic E-state index is 0.0129. The molecule has 3 nitrogen and oxygen atoms in total. The summed E-state index contributed by atoms with van der Waals surface area (Å²) in [6.07, 6.45) is 0.419. The molecule has 1 aromatic carbocycles. The lowest BCUT2D eigenvalue weighted by Gasteiger charge is -2.04. The van der Waals surface area contributed by atoms with Crippen LogP contribution in [-0.2, 0) is 16.1 Å². The summed E-state index contributed by atoms with van der Waals surface area (Å²) < 4.78 is 5.37. The van der Waals surface area contributed by atoms with Gasteiger partial charge in [-0.05, 0) is 12.5 Å². The first kappa shape index (κ1) is 11.7. The Morgan fingerprint density at radius 1 is 1.33 bits per heavy atom. The zero-order chi connectivity index (χ0) is 11.1. The number of carbonyl (C=O) groups excluding carboxylic acids is 1. The molecule has 0 aliphatic heterocycles. The van der Waals surface area contributed by atoms with E-state index in [1.165, 1.54) is 5.56 Å². The molecule has 0 radical (unpaired) electrons. The van der Waals surface area contributed by atoms with Crippen LogP contribution in [0.5, 0.6) is 0 Å². The van der Waals surface area contributed by atoms with Gasteiger partial charge in [0.25, 0.3) is 0 Å². The van der Waals surface area contributed by atoms with E-state index in [1.807, 2.05) is 12.1 Å². The summed E-state index contributed by atoms with van der Waals surface area (Å²) in [7, 11) is 1.63. The third kappa shape index (κ3) is 4.61. The summed E-state index contributed by atoms with van der Waals surface area (Å²) >= 11 is 0. The number of aryl methyl sites for hydroxylation is 1. The van der Waals surface area contributed by atoms with Gasteiger partial charge in [0.1, 0.15) is 0 Å². The number of amides is 1. The van der Waals surface area contributed by atoms with Gasteiger partial charge >= 0.3 is 0 Å². The van der Waals surface area contributed by atoms with Gasteiger partial charge in [-0.2, -0.15) is 0 Å². The van der Waals surface area contributed by atoms with Crippen LogP contribution in [0.4, 0.5) is 0 Å². The fourth-order valence-electron chi connectivity index (χ4n) is 1.16. The van der Waals surface area contributed by atoms with Gasteiger partial charge in [0.15, 0.2) is 0 Å². The van der Waals surface area contributed by atoms with Gasteiger partial charge in [-0.3, -0.25) is 4.79 Å². The number of hydrogen-bond donors (Lipinski definition) is 1. The van der Waals surface area contributed by atoms with Crippen molar-refractivity contribution in [2.45, 2.75) is 20.0 Å². The number of nitrogens with one attached hydrogen (secondary N) is 1. The Bertz CT molecular complexity index is 306. The summed E-state index contributed by atoms with van der Waals surface area (Å²) in [5, 5.41) is 2.55. The van der Waals surface area contributed by atoms with Gasteiger partial charge < -0.3 is 10.1 Å². The lowest BCUT2D eigenvalue weighted by molar-refractivity contribution is -0.121. The van der Waals surface area contributed by atoms with Crippen molar-refractivity contribution in [1.82, 2.24) is 5.32 Å². The number of hydrogen-bond acceptors (Lipinski definition) is 2. The standard InChI is InChI=1S/C12H17NO2/c1-10-3-5-11(6-4-10)9-15-8-7-12(14)13-2/h3-6H,7-9H2,1-2H3,(H,13,14). The third-order valence-corrected chi connectivity index (χ3v) is 2.14. The monoisotopic (exact) mass is 207 g/mol. The quantitative estimate of drug-likeness (QED) is 0.745. The van der Waals surface area contributed by atoms with Crippen LogP contribution in [0.2, 0.25) is 0 Å². The molecule has 0 unspecified atom stereocenters. The summed E-state index contributed by atoms with van der Waals surface area (Å²) in [6.45, 7) is 3.08. The predicted octanol–water partition coefficient (Wildman–Crippen LogP) is 1.65. The molecule has 0 spiro atoms. The third-order valence-electron chi connectivity index (χ3n) is 2.14. The summed E-state index contributed by atoms with van der Waals surface area (Å²) in [4.78, 5) is 10.9. The molecule has 0 bridgehead atoms. The molecular formula is C12H17NO2. The zero-order valence-corrected chi connectivity index (χ0v) is 9.25. The summed E-state index contributed by atoms with van der Waals surface area (Å²) in [6, 6.07) is 8.18. The Morgan fingerprint density at radius 3 is 2.60 bits per heavy atom. The van der Waals surface area contributed by atoms with Crippen molar-refractivity contribution in [3.63, 3.8) is 0 Å². The lowest BCUT2D eigenvalue weighted by atomic mass is 10.2. The Hall–Kier alpha value is -1.35. The maximum absolute atomic E-state index is 10.9. The lowest BCUT2D eigenvalue weighted by Crippen LogP contribution is -2.19. The number of carbonyl (C=O) groups is 1. The van der Waals surface area contributed by atoms with Gasteiger partial charge in [0, 0.05) is 13.5 Å². The highest BCUT2D eigenvalue weighted by molar-refractivity contribution is 5.75. The van der Waals surface area contributed by atoms with Crippen molar-refractivity contribution in [1.29, 1.82) is 0 Å². The first-order valence-corrected chi connectivity index (χ1v) is 5.06. The molecule has 1 aromatic rings. The molecule has 0 saturated carbocycles. The largest absolute Gasteiger partial charge is 0.376 e. The van der Waals surface area contributed by atoms with E-state index in [1.54, 1.807) is 7.05 Å². The first-order valence-electron chi connectivity index (χ1n) is 5.06. The molecular weight excluding hydrogens is 190 g/mol. The van der Waals surface area contributed by atoms with Crippen molar-refractivity contribution in [2.24, 2.45) is 0 Å². The second-order valence-electron chi connectivity index (χ2n) is 3.46. The molecule has 15 heavy (non-hydrogen) atoms. The second-order valence-corrected chi connectivity index (χ2v) is 3.46. The van der Waals surface area contributed by atoms with E-state index < -0.39 is 0 Å². The highest BCUT2D eigenvalue weighted by atomic mass is 16.5. The summed E-state index contributed by atoms with van der Waals surface area (Å²) in [5.41, 5.74) is 2.38. The molecule has 0 atom stereocenters. The molecule has 0 aliphatic rings. The van der Waals surface area contributed by atoms with Crippen LogP contribution in [0.1, 0.15) is 17.5 Å². The maximum Gasteiger partial charge on any atom is 0.222 e. The molecule has 0 saturated heterocycles. The summed E-state index contributed by atoms with van der Waals surface area (Å²) in [5.74, 6) is 0.0129. The molecule has 0 aromatic heterocycles. The number of benzene rings is 1. The maximum atomic E-state index is 10.9. The van der Waals surface area contributed by atoms with Crippen LogP contribution in [0, 0.1) is 6.92 Å². The fraction of sp³-hybridized carbons (Fsp3) is 0.417. The van der Waals surface area contributed by atoms with Crippen molar-refractivity contribution in [3.8, 4) is 0 Å². The topological polar surface area (TPSA) is 38.3 Å². The predicted molar refractivity (Wildman–Crippen MR) is 59.5 cm³/mol. The minimum absolute atomic E-state index is 0.0129. The minimum Gasteiger partial charge on any atom is -0.376 e. The SMILES string of the molecule is CNC(=O)CCOCc1ccc(C)cc1. The Morgan fingerprint density at radius 2 is 2.00 bits per heavy atom. The van der Waals surface area contributed by atoms with E-state index in [0.717, 1.165) is 5.56 Å². The molecule has 0 fully saturated rings. The van der Waals surface area contributed by atoms with Crippen LogP contribution in [0.3, 0.4) is 0 Å². The van der Waals surface area contributed by atoms with Gasteiger partial charge in [-0.25, -0.2) is 0 Å². The smallest absolute Gasteiger partial charge is 0.222 e. The van der Waals surface area contributed by atoms with Crippen LogP contribution in [-0.4, -0.2) is 19.6 Å². The Balaban J connectivity index is 2.20. The fourth-order valence-corrected chi connectivity index (χ4v) is 1.16. The van der Waals surface area contributed by atoms with Gasteiger partial charge in [-0.1, -0.05) is 29.8 Å². The van der Waals surface area contributed by atoms with Crippen molar-refractivity contribution < 1.29 is 9.53 Å². The van der Waals surface area contributed by atoms with Crippen LogP contribution < -0.4 is 5.32 Å². The average Bonchev–Trinajstić information content (AvgIpc) is 2.26. The van der Waals surface area contributed by atoms with E-state index in [-0.39, 0.29) is 5.91 Å². The molecule has 3 heteroatoms. The van der Waals surface area contributed by atoms with E-state index in [0.29, 0.717) is 19.6 Å². The van der Waals surface area contributed by atoms with Gasteiger partial charge in [-0.15, -0.1) is 0 Å². The van der Waals surface area contributed by atoms with E-state index in [4.69, 9.17) is 4.74 Å². The Labute approximate surface area is 90.4 Å². The normalized spacial score (nSPS) is 10.0. The van der Waals surface area contributed by atoms with Crippen molar-refractivity contribution >= 4 is 5.91 Å². The zero-order valence-electron chi connectivity index (χ0n) is 9.25. The molecule has 1 amide bonds. The van der Waals surface area contributed by atoms with Gasteiger partial charge in [0.05, 0.1) is 13.2 Å². The molecule has 1 N–H and O–H groups in total. The van der Waals surface area contributed by atoms with E-state index in [9.17, 15) is 4.79 Å². The number of ether oxygens (including phenoxy) is 1. The van der Waals surface area contributed by atoms with Crippen LogP contribution in [0.25, 0.3) is 0 Å². The molecule has 0 aliphatic carbocycles. The van der Waals surface area contributed by atoms with Crippen molar-refractivity contribution in [2.75, 3.05) is 13.7 Å². The van der Waals surface area contributed by atoms with Crippen LogP contribution >= 0.6 is 0 Å². The molecule has 0 heterocycles. The van der Waals surface area contributed by atoms with Crippen LogP contribution in [0.15, 0.2) is 24.3 Å². The highest BCUT2D eigenvalue weighted by Gasteiger charge is 1.97. The molecule has 1 rings (SSSR count).